The van der Waals surface area contributed by atoms with Crippen LogP contribution in [-0.4, -0.2) is 52.6 Å². The maximum Gasteiger partial charge on any atom is 0.0588 e. The van der Waals surface area contributed by atoms with E-state index in [2.05, 4.69) is 10.6 Å². The molecule has 90 valence electrons. The topological polar surface area (TPSA) is 42.5 Å². The molecule has 1 atom stereocenters. The first-order valence-electron chi connectivity index (χ1n) is 5.95. The molecule has 4 heteroatoms. The third-order valence-corrected chi connectivity index (χ3v) is 2.63. The molecule has 1 heterocycles. The molecule has 1 aliphatic rings. The van der Waals surface area contributed by atoms with Crippen LogP contribution < -0.4 is 10.6 Å². The summed E-state index contributed by atoms with van der Waals surface area (Å²) in [6.07, 6.45) is 4.15. The van der Waals surface area contributed by atoms with Crippen LogP contribution in [0.3, 0.4) is 0 Å². The Hall–Kier alpha value is -0.160. The van der Waals surface area contributed by atoms with E-state index >= 15 is 0 Å². The van der Waals surface area contributed by atoms with E-state index < -0.39 is 0 Å². The van der Waals surface area contributed by atoms with Crippen molar-refractivity contribution in [1.29, 1.82) is 0 Å². The third kappa shape index (κ3) is 6.84. The molecule has 1 rings (SSSR count). The van der Waals surface area contributed by atoms with Crippen LogP contribution in [0, 0.1) is 0 Å². The van der Waals surface area contributed by atoms with E-state index in [-0.39, 0.29) is 0 Å². The predicted molar refractivity (Wildman–Crippen MR) is 61.2 cm³/mol. The van der Waals surface area contributed by atoms with Gasteiger partial charge in [-0.2, -0.15) is 0 Å². The molecule has 1 fully saturated rings. The third-order valence-electron chi connectivity index (χ3n) is 2.63. The molecule has 0 bridgehead atoms. The molecule has 0 radical (unpaired) electrons. The molecule has 0 saturated carbocycles. The zero-order valence-electron chi connectivity index (χ0n) is 9.76. The van der Waals surface area contributed by atoms with Gasteiger partial charge in [0.1, 0.15) is 0 Å². The van der Waals surface area contributed by atoms with Gasteiger partial charge in [-0.25, -0.2) is 0 Å². The fourth-order valence-electron chi connectivity index (χ4n) is 1.74. The molecular weight excluding hydrogens is 192 g/mol. The molecule has 0 aromatic carbocycles. The summed E-state index contributed by atoms with van der Waals surface area (Å²) in [6.45, 7) is 5.78. The highest BCUT2D eigenvalue weighted by Crippen LogP contribution is 2.14. The normalized spacial score (nSPS) is 21.0. The van der Waals surface area contributed by atoms with Crippen LogP contribution in [0.4, 0.5) is 0 Å². The van der Waals surface area contributed by atoms with Gasteiger partial charge in [-0.1, -0.05) is 0 Å². The van der Waals surface area contributed by atoms with E-state index in [1.807, 2.05) is 0 Å². The summed E-state index contributed by atoms with van der Waals surface area (Å²) in [5.41, 5.74) is 0. The van der Waals surface area contributed by atoms with Gasteiger partial charge >= 0.3 is 0 Å². The van der Waals surface area contributed by atoms with Crippen molar-refractivity contribution in [1.82, 2.24) is 10.6 Å². The molecule has 1 saturated heterocycles. The molecule has 1 aliphatic heterocycles. The van der Waals surface area contributed by atoms with Gasteiger partial charge < -0.3 is 20.1 Å². The Morgan fingerprint density at radius 2 is 2.00 bits per heavy atom. The van der Waals surface area contributed by atoms with Gasteiger partial charge in [0.15, 0.2) is 0 Å². The molecule has 4 nitrogen and oxygen atoms in total. The van der Waals surface area contributed by atoms with E-state index in [4.69, 9.17) is 9.47 Å². The summed E-state index contributed by atoms with van der Waals surface area (Å²) in [6, 6.07) is 0. The fourth-order valence-corrected chi connectivity index (χ4v) is 1.74. The number of ether oxygens (including phenoxy) is 2. The standard InChI is InChI=1S/C11H24N2O2/c1-14-10-8-13-7-6-12-5-4-11-3-2-9-15-11/h11-13H,2-10H2,1H3. The van der Waals surface area contributed by atoms with Crippen molar-refractivity contribution in [2.45, 2.75) is 25.4 Å². The largest absolute Gasteiger partial charge is 0.383 e. The van der Waals surface area contributed by atoms with Gasteiger partial charge in [0.2, 0.25) is 0 Å². The highest BCUT2D eigenvalue weighted by atomic mass is 16.5. The summed E-state index contributed by atoms with van der Waals surface area (Å²) in [4.78, 5) is 0. The second kappa shape index (κ2) is 9.09. The summed E-state index contributed by atoms with van der Waals surface area (Å²) in [5.74, 6) is 0. The summed E-state index contributed by atoms with van der Waals surface area (Å²) in [5, 5.41) is 6.70. The average molecular weight is 216 g/mol. The minimum Gasteiger partial charge on any atom is -0.383 e. The maximum absolute atomic E-state index is 5.54. The summed E-state index contributed by atoms with van der Waals surface area (Å²) in [7, 11) is 1.72. The van der Waals surface area contributed by atoms with Gasteiger partial charge in [0, 0.05) is 33.4 Å². The van der Waals surface area contributed by atoms with E-state index in [9.17, 15) is 0 Å². The van der Waals surface area contributed by atoms with Crippen molar-refractivity contribution < 1.29 is 9.47 Å². The minimum absolute atomic E-state index is 0.513. The van der Waals surface area contributed by atoms with Crippen LogP contribution in [0.25, 0.3) is 0 Å². The van der Waals surface area contributed by atoms with Crippen LogP contribution in [0.2, 0.25) is 0 Å². The van der Waals surface area contributed by atoms with Gasteiger partial charge in [0.25, 0.3) is 0 Å². The van der Waals surface area contributed by atoms with E-state index in [0.29, 0.717) is 6.10 Å². The van der Waals surface area contributed by atoms with E-state index in [1.54, 1.807) is 7.11 Å². The van der Waals surface area contributed by atoms with Crippen LogP contribution in [0.1, 0.15) is 19.3 Å². The Morgan fingerprint density at radius 3 is 2.67 bits per heavy atom. The highest BCUT2D eigenvalue weighted by molar-refractivity contribution is 4.66. The summed E-state index contributed by atoms with van der Waals surface area (Å²) < 4.78 is 10.5. The van der Waals surface area contributed by atoms with Crippen molar-refractivity contribution in [2.75, 3.05) is 46.5 Å². The SMILES string of the molecule is COCCNCCNCCC1CCCO1. The lowest BCUT2D eigenvalue weighted by molar-refractivity contribution is 0.104. The first kappa shape index (κ1) is 12.9. The molecular formula is C11H24N2O2. The zero-order chi connectivity index (χ0) is 10.8. The number of hydrogen-bond acceptors (Lipinski definition) is 4. The number of hydrogen-bond donors (Lipinski definition) is 2. The molecule has 1 unspecified atom stereocenters. The Kier molecular flexibility index (Phi) is 7.83. The monoisotopic (exact) mass is 216 g/mol. The molecule has 0 aromatic rings. The van der Waals surface area contributed by atoms with Crippen molar-refractivity contribution >= 4 is 0 Å². The second-order valence-corrected chi connectivity index (χ2v) is 3.92. The predicted octanol–water partition coefficient (Wildman–Crippen LogP) is 0.381. The Labute approximate surface area is 92.7 Å². The van der Waals surface area contributed by atoms with Crippen LogP contribution in [0.15, 0.2) is 0 Å². The fraction of sp³-hybridized carbons (Fsp3) is 1.00. The lowest BCUT2D eigenvalue weighted by atomic mass is 10.2. The number of methoxy groups -OCH3 is 1. The minimum atomic E-state index is 0.513. The highest BCUT2D eigenvalue weighted by Gasteiger charge is 2.13. The number of rotatable bonds is 9. The van der Waals surface area contributed by atoms with Crippen LogP contribution >= 0.6 is 0 Å². The molecule has 2 N–H and O–H groups in total. The molecule has 0 aliphatic carbocycles. The lowest BCUT2D eigenvalue weighted by Crippen LogP contribution is -2.30. The lowest BCUT2D eigenvalue weighted by Gasteiger charge is -2.10. The zero-order valence-corrected chi connectivity index (χ0v) is 9.76. The number of nitrogens with one attached hydrogen (secondary N) is 2. The maximum atomic E-state index is 5.54. The summed E-state index contributed by atoms with van der Waals surface area (Å²) >= 11 is 0. The van der Waals surface area contributed by atoms with Crippen LogP contribution in [0.5, 0.6) is 0 Å². The van der Waals surface area contributed by atoms with Crippen LogP contribution in [-0.2, 0) is 9.47 Å². The quantitative estimate of drug-likeness (QED) is 0.547. The van der Waals surface area contributed by atoms with Crippen molar-refractivity contribution in [3.63, 3.8) is 0 Å². The Bertz CT molecular complexity index is 139. The average Bonchev–Trinajstić information content (AvgIpc) is 2.75. The van der Waals surface area contributed by atoms with Gasteiger partial charge in [-0.15, -0.1) is 0 Å². The van der Waals surface area contributed by atoms with E-state index in [1.165, 1.54) is 12.8 Å². The molecule has 0 spiro atoms. The van der Waals surface area contributed by atoms with Crippen molar-refractivity contribution in [3.05, 3.63) is 0 Å². The van der Waals surface area contributed by atoms with Crippen molar-refractivity contribution in [3.8, 4) is 0 Å². The first-order chi connectivity index (χ1) is 7.43. The van der Waals surface area contributed by atoms with Gasteiger partial charge in [-0.3, -0.25) is 0 Å². The molecule has 0 amide bonds. The molecule has 15 heavy (non-hydrogen) atoms. The van der Waals surface area contributed by atoms with Gasteiger partial charge in [-0.05, 0) is 25.8 Å². The molecule has 0 aromatic heterocycles. The smallest absolute Gasteiger partial charge is 0.0588 e. The van der Waals surface area contributed by atoms with E-state index in [0.717, 1.165) is 45.8 Å². The van der Waals surface area contributed by atoms with Crippen molar-refractivity contribution in [2.24, 2.45) is 0 Å². The second-order valence-electron chi connectivity index (χ2n) is 3.92. The Balaban J connectivity index is 1.73. The Morgan fingerprint density at radius 1 is 1.20 bits per heavy atom. The first-order valence-corrected chi connectivity index (χ1v) is 5.95. The van der Waals surface area contributed by atoms with Gasteiger partial charge in [0.05, 0.1) is 12.7 Å².